The molecule has 1 aromatic carbocycles. The van der Waals surface area contributed by atoms with Crippen LogP contribution in [0, 0.1) is 16.6 Å². The number of nitrogens with zero attached hydrogens (tertiary/aromatic N) is 3. The summed E-state index contributed by atoms with van der Waals surface area (Å²) in [4.78, 5) is 12.0. The Kier molecular flexibility index (Phi) is 5.40. The fourth-order valence-electron chi connectivity index (χ4n) is 3.05. The first-order chi connectivity index (χ1) is 14.0. The molecule has 1 heterocycles. The number of amidine groups is 2. The predicted molar refractivity (Wildman–Crippen MR) is 103 cm³/mol. The van der Waals surface area contributed by atoms with Gasteiger partial charge in [-0.2, -0.15) is 23.4 Å². The number of hydrazone groups is 2. The van der Waals surface area contributed by atoms with E-state index in [1.165, 1.54) is 17.1 Å². The van der Waals surface area contributed by atoms with Crippen LogP contribution in [0.1, 0.15) is 32.3 Å². The highest BCUT2D eigenvalue weighted by Gasteiger charge is 2.68. The van der Waals surface area contributed by atoms with Crippen molar-refractivity contribution >= 4 is 23.3 Å². The second-order valence-corrected chi connectivity index (χ2v) is 7.34. The largest absolute Gasteiger partial charge is 0.403 e. The molecule has 0 unspecified atom stereocenters. The fraction of sp³-hybridized carbons (Fsp3) is 0.368. The Morgan fingerprint density at radius 3 is 2.50 bits per heavy atom. The lowest BCUT2D eigenvalue weighted by Crippen LogP contribution is -2.40. The van der Waals surface area contributed by atoms with E-state index in [1.54, 1.807) is 26.0 Å². The highest BCUT2D eigenvalue weighted by atomic mass is 19.4. The summed E-state index contributed by atoms with van der Waals surface area (Å²) in [6, 6.07) is 6.00. The van der Waals surface area contributed by atoms with E-state index in [-0.39, 0.29) is 36.8 Å². The van der Waals surface area contributed by atoms with Gasteiger partial charge in [0.1, 0.15) is 16.9 Å². The maximum Gasteiger partial charge on any atom is 0.403 e. The number of allylic oxidation sites excluding steroid dienone is 1. The molecule has 0 spiro atoms. The third kappa shape index (κ3) is 3.79. The third-order valence-corrected chi connectivity index (χ3v) is 4.98. The summed E-state index contributed by atoms with van der Waals surface area (Å²) in [6.07, 6.45) is -5.28. The number of hydrogen-bond acceptors (Lipinski definition) is 4. The molecule has 0 bridgehead atoms. The molecule has 3 rings (SSSR count). The summed E-state index contributed by atoms with van der Waals surface area (Å²) >= 11 is 0. The van der Waals surface area contributed by atoms with Gasteiger partial charge in [0.15, 0.2) is 11.7 Å². The Labute approximate surface area is 169 Å². The van der Waals surface area contributed by atoms with Crippen LogP contribution in [0.15, 0.2) is 45.6 Å². The van der Waals surface area contributed by atoms with Gasteiger partial charge in [-0.1, -0.05) is 23.8 Å². The van der Waals surface area contributed by atoms with E-state index in [2.05, 4.69) is 10.2 Å². The highest BCUT2D eigenvalue weighted by molar-refractivity contribution is 6.54. The van der Waals surface area contributed by atoms with Crippen LogP contribution in [0.3, 0.4) is 0 Å². The average molecular weight is 424 g/mol. The summed E-state index contributed by atoms with van der Waals surface area (Å²) in [5.41, 5.74) is 6.57. The molecule has 1 aliphatic carbocycles. The molecular weight excluding hydrogens is 404 g/mol. The van der Waals surface area contributed by atoms with Gasteiger partial charge in [-0.05, 0) is 32.8 Å². The molecule has 1 aromatic rings. The fourth-order valence-corrected chi connectivity index (χ4v) is 3.05. The minimum Gasteiger partial charge on any atom is -0.380 e. The normalized spacial score (nSPS) is 18.4. The molecule has 11 heteroatoms. The minimum atomic E-state index is -4.67. The first-order valence-electron chi connectivity index (χ1n) is 9.05. The van der Waals surface area contributed by atoms with Gasteiger partial charge < -0.3 is 5.73 Å². The Morgan fingerprint density at radius 2 is 1.97 bits per heavy atom. The number of alkyl halides is 3. The van der Waals surface area contributed by atoms with Crippen molar-refractivity contribution in [2.75, 3.05) is 0 Å². The number of rotatable bonds is 5. The van der Waals surface area contributed by atoms with E-state index in [9.17, 15) is 22.4 Å². The van der Waals surface area contributed by atoms with Crippen LogP contribution in [0.4, 0.5) is 17.6 Å². The average Bonchev–Trinajstić information content (AvgIpc) is 3.42. The topological polar surface area (TPSA) is 107 Å². The van der Waals surface area contributed by atoms with Crippen molar-refractivity contribution < 1.29 is 22.4 Å². The zero-order chi connectivity index (χ0) is 22.3. The van der Waals surface area contributed by atoms with Gasteiger partial charge in [0.2, 0.25) is 0 Å². The first kappa shape index (κ1) is 21.5. The molecule has 0 radical (unpaired) electrons. The van der Waals surface area contributed by atoms with Crippen molar-refractivity contribution in [1.29, 1.82) is 5.41 Å². The molecule has 30 heavy (non-hydrogen) atoms. The van der Waals surface area contributed by atoms with Crippen LogP contribution in [-0.2, 0) is 11.3 Å². The molecule has 7 nitrogen and oxygen atoms in total. The quantitative estimate of drug-likeness (QED) is 0.293. The Balaban J connectivity index is 1.84. The number of hydrogen-bond donors (Lipinski definition) is 3. The van der Waals surface area contributed by atoms with Crippen LogP contribution in [0.2, 0.25) is 0 Å². The molecule has 1 fully saturated rings. The van der Waals surface area contributed by atoms with Crippen molar-refractivity contribution in [3.05, 3.63) is 46.8 Å². The molecule has 1 saturated carbocycles. The van der Waals surface area contributed by atoms with E-state index >= 15 is 0 Å². The van der Waals surface area contributed by atoms with E-state index in [1.807, 2.05) is 5.43 Å². The number of amides is 1. The second kappa shape index (κ2) is 7.54. The van der Waals surface area contributed by atoms with Gasteiger partial charge in [-0.25, -0.2) is 14.8 Å². The zero-order valence-electron chi connectivity index (χ0n) is 16.3. The SMILES string of the molecule is CC(C)=C1C(=N)N(Cc2ccccc2F)N=C1/C(N)=N/NC(=O)C1(C(F)(F)F)CC1. The van der Waals surface area contributed by atoms with Gasteiger partial charge in [-0.3, -0.25) is 10.2 Å². The third-order valence-electron chi connectivity index (χ3n) is 4.98. The summed E-state index contributed by atoms with van der Waals surface area (Å²) < 4.78 is 53.1. The number of nitrogens with one attached hydrogen (secondary N) is 2. The van der Waals surface area contributed by atoms with Crippen molar-refractivity contribution in [2.24, 2.45) is 21.4 Å². The summed E-state index contributed by atoms with van der Waals surface area (Å²) in [7, 11) is 0. The lowest BCUT2D eigenvalue weighted by Gasteiger charge is -2.16. The van der Waals surface area contributed by atoms with E-state index < -0.39 is 23.3 Å². The molecular formula is C19H20F4N6O. The van der Waals surface area contributed by atoms with Gasteiger partial charge >= 0.3 is 6.18 Å². The number of nitrogens with two attached hydrogens (primary N) is 1. The number of halogens is 4. The molecule has 1 aliphatic heterocycles. The van der Waals surface area contributed by atoms with Crippen molar-refractivity contribution in [3.8, 4) is 0 Å². The number of carbonyl (C=O) groups is 1. The molecule has 4 N–H and O–H groups in total. The Hall–Kier alpha value is -3.24. The van der Waals surface area contributed by atoms with Crippen LogP contribution in [0.5, 0.6) is 0 Å². The van der Waals surface area contributed by atoms with Crippen LogP contribution < -0.4 is 11.2 Å². The van der Waals surface area contributed by atoms with Crippen molar-refractivity contribution in [3.63, 3.8) is 0 Å². The van der Waals surface area contributed by atoms with Crippen molar-refractivity contribution in [1.82, 2.24) is 10.4 Å². The Morgan fingerprint density at radius 1 is 1.33 bits per heavy atom. The zero-order valence-corrected chi connectivity index (χ0v) is 16.3. The Bertz CT molecular complexity index is 987. The van der Waals surface area contributed by atoms with Gasteiger partial charge in [0.25, 0.3) is 5.91 Å². The van der Waals surface area contributed by atoms with Crippen LogP contribution in [-0.4, -0.2) is 34.5 Å². The van der Waals surface area contributed by atoms with Gasteiger partial charge in [0, 0.05) is 11.1 Å². The molecule has 2 aliphatic rings. The van der Waals surface area contributed by atoms with E-state index in [4.69, 9.17) is 11.1 Å². The van der Waals surface area contributed by atoms with Crippen molar-refractivity contribution in [2.45, 2.75) is 39.4 Å². The summed E-state index contributed by atoms with van der Waals surface area (Å²) in [5, 5.41) is 17.3. The maximum atomic E-state index is 14.0. The summed E-state index contributed by atoms with van der Waals surface area (Å²) in [5.74, 6) is -2.16. The highest BCUT2D eigenvalue weighted by Crippen LogP contribution is 2.57. The molecule has 160 valence electrons. The smallest absolute Gasteiger partial charge is 0.380 e. The van der Waals surface area contributed by atoms with E-state index in [0.717, 1.165) is 0 Å². The first-order valence-corrected chi connectivity index (χ1v) is 9.05. The van der Waals surface area contributed by atoms with Gasteiger partial charge in [-0.15, -0.1) is 0 Å². The van der Waals surface area contributed by atoms with Crippen LogP contribution >= 0.6 is 0 Å². The lowest BCUT2D eigenvalue weighted by atomic mass is 10.0. The number of benzene rings is 1. The van der Waals surface area contributed by atoms with Gasteiger partial charge in [0.05, 0.1) is 6.54 Å². The molecule has 0 aromatic heterocycles. The monoisotopic (exact) mass is 424 g/mol. The van der Waals surface area contributed by atoms with E-state index in [0.29, 0.717) is 16.7 Å². The van der Waals surface area contributed by atoms with Crippen LogP contribution in [0.25, 0.3) is 0 Å². The second-order valence-electron chi connectivity index (χ2n) is 7.34. The minimum absolute atomic E-state index is 0.0218. The lowest BCUT2D eigenvalue weighted by molar-refractivity contribution is -0.192. The molecule has 0 atom stereocenters. The summed E-state index contributed by atoms with van der Waals surface area (Å²) in [6.45, 7) is 3.34. The molecule has 0 saturated heterocycles. The maximum absolute atomic E-state index is 14.0. The standard InChI is InChI=1S/C19H20F4N6O/c1-10(2)13-14(15(24)26-27-17(30)18(7-8-18)19(21,22)23)28-29(16(13)25)9-11-5-3-4-6-12(11)20/h3-6,25H,7-9H2,1-2H3,(H2,24,26)(H,27,30). The molecule has 1 amide bonds. The predicted octanol–water partition coefficient (Wildman–Crippen LogP) is 3.04. The number of carbonyl (C=O) groups excluding carboxylic acids is 1.